The summed E-state index contributed by atoms with van der Waals surface area (Å²) in [4.78, 5) is 39.0. The van der Waals surface area contributed by atoms with Crippen molar-refractivity contribution in [3.63, 3.8) is 0 Å². The highest BCUT2D eigenvalue weighted by Crippen LogP contribution is 2.32. The predicted octanol–water partition coefficient (Wildman–Crippen LogP) is 4.64. The summed E-state index contributed by atoms with van der Waals surface area (Å²) in [6.07, 6.45) is 4.69. The molecule has 1 heterocycles. The average molecular weight is 442 g/mol. The Hall–Kier alpha value is -3.19. The zero-order chi connectivity index (χ0) is 22.0. The van der Waals surface area contributed by atoms with Gasteiger partial charge in [0.05, 0.1) is 0 Å². The van der Waals surface area contributed by atoms with Crippen LogP contribution in [0.3, 0.4) is 0 Å². The fourth-order valence-corrected chi connectivity index (χ4v) is 4.10. The monoisotopic (exact) mass is 441 g/mol. The summed E-state index contributed by atoms with van der Waals surface area (Å²) in [5, 5.41) is 5.49. The first-order chi connectivity index (χ1) is 14.9. The van der Waals surface area contributed by atoms with E-state index in [0.717, 1.165) is 32.1 Å². The second-order valence-corrected chi connectivity index (χ2v) is 8.00. The van der Waals surface area contributed by atoms with E-state index in [9.17, 15) is 18.8 Å². The van der Waals surface area contributed by atoms with E-state index >= 15 is 0 Å². The molecule has 1 aliphatic heterocycles. The number of benzene rings is 2. The van der Waals surface area contributed by atoms with Crippen LogP contribution in [-0.2, 0) is 9.59 Å². The first-order valence-corrected chi connectivity index (χ1v) is 10.5. The second-order valence-electron chi connectivity index (χ2n) is 7.62. The number of halogens is 2. The van der Waals surface area contributed by atoms with Crippen LogP contribution in [0.15, 0.2) is 59.3 Å². The molecule has 8 heteroatoms. The maximum atomic E-state index is 13.0. The summed E-state index contributed by atoms with van der Waals surface area (Å²) >= 11 is 6.18. The molecule has 0 saturated heterocycles. The van der Waals surface area contributed by atoms with Crippen LogP contribution in [0.25, 0.3) is 0 Å². The van der Waals surface area contributed by atoms with E-state index < -0.39 is 11.8 Å². The Balaban J connectivity index is 1.43. The van der Waals surface area contributed by atoms with Crippen molar-refractivity contribution in [2.75, 3.05) is 10.6 Å². The summed E-state index contributed by atoms with van der Waals surface area (Å²) in [5.74, 6) is -1.62. The molecule has 0 spiro atoms. The van der Waals surface area contributed by atoms with Gasteiger partial charge in [0.25, 0.3) is 17.7 Å². The molecular formula is C23H21ClFN3O3. The number of anilines is 2. The number of amides is 3. The van der Waals surface area contributed by atoms with E-state index in [1.54, 1.807) is 24.3 Å². The first kappa shape index (κ1) is 21.1. The molecule has 0 radical (unpaired) electrons. The molecule has 0 unspecified atom stereocenters. The van der Waals surface area contributed by atoms with Crippen molar-refractivity contribution in [2.45, 2.75) is 38.1 Å². The highest BCUT2D eigenvalue weighted by atomic mass is 35.5. The van der Waals surface area contributed by atoms with Crippen molar-refractivity contribution < 1.29 is 18.8 Å². The molecule has 6 nitrogen and oxygen atoms in total. The quantitative estimate of drug-likeness (QED) is 0.662. The summed E-state index contributed by atoms with van der Waals surface area (Å²) < 4.78 is 13.0. The van der Waals surface area contributed by atoms with Crippen LogP contribution in [0.2, 0.25) is 0 Å². The van der Waals surface area contributed by atoms with E-state index in [-0.39, 0.29) is 28.5 Å². The third-order valence-electron chi connectivity index (χ3n) is 5.52. The Labute approximate surface area is 184 Å². The van der Waals surface area contributed by atoms with Gasteiger partial charge in [-0.25, -0.2) is 4.39 Å². The van der Waals surface area contributed by atoms with Crippen LogP contribution < -0.4 is 10.6 Å². The Kier molecular flexibility index (Phi) is 6.04. The Morgan fingerprint density at radius 1 is 0.903 bits per heavy atom. The lowest BCUT2D eigenvalue weighted by Crippen LogP contribution is -2.42. The third kappa shape index (κ3) is 4.46. The van der Waals surface area contributed by atoms with Gasteiger partial charge in [-0.15, -0.1) is 0 Å². The van der Waals surface area contributed by atoms with Gasteiger partial charge in [-0.2, -0.15) is 0 Å². The van der Waals surface area contributed by atoms with E-state index in [0.29, 0.717) is 16.9 Å². The van der Waals surface area contributed by atoms with Crippen molar-refractivity contribution in [3.05, 3.63) is 70.6 Å². The lowest BCUT2D eigenvalue weighted by molar-refractivity contribution is -0.140. The summed E-state index contributed by atoms with van der Waals surface area (Å²) in [7, 11) is 0. The van der Waals surface area contributed by atoms with Crippen LogP contribution in [0.1, 0.15) is 42.5 Å². The molecular weight excluding hydrogens is 421 g/mol. The molecule has 160 valence electrons. The van der Waals surface area contributed by atoms with Gasteiger partial charge in [0.15, 0.2) is 0 Å². The second kappa shape index (κ2) is 8.89. The van der Waals surface area contributed by atoms with Gasteiger partial charge < -0.3 is 10.6 Å². The zero-order valence-corrected chi connectivity index (χ0v) is 17.4. The van der Waals surface area contributed by atoms with Gasteiger partial charge in [0.2, 0.25) is 0 Å². The fraction of sp³-hybridized carbons (Fsp3) is 0.261. The number of carbonyl (C=O) groups is 3. The Bertz CT molecular complexity index is 1040. The number of rotatable bonds is 5. The van der Waals surface area contributed by atoms with Crippen molar-refractivity contribution in [1.82, 2.24) is 4.90 Å². The molecule has 2 aliphatic rings. The molecule has 1 fully saturated rings. The number of carbonyl (C=O) groups excluding carboxylic acids is 3. The number of nitrogens with one attached hydrogen (secondary N) is 2. The van der Waals surface area contributed by atoms with Gasteiger partial charge in [-0.05, 0) is 61.4 Å². The molecule has 0 atom stereocenters. The van der Waals surface area contributed by atoms with E-state index in [2.05, 4.69) is 10.6 Å². The van der Waals surface area contributed by atoms with Crippen LogP contribution in [0.4, 0.5) is 15.8 Å². The summed E-state index contributed by atoms with van der Waals surface area (Å²) in [6, 6.07) is 11.8. The van der Waals surface area contributed by atoms with Crippen LogP contribution in [0, 0.1) is 5.82 Å². The molecule has 2 aromatic rings. The maximum Gasteiger partial charge on any atom is 0.279 e. The van der Waals surface area contributed by atoms with Crippen molar-refractivity contribution in [2.24, 2.45) is 0 Å². The molecule has 2 N–H and O–H groups in total. The Morgan fingerprint density at radius 2 is 1.52 bits per heavy atom. The van der Waals surface area contributed by atoms with E-state index in [1.165, 1.54) is 29.2 Å². The fourth-order valence-electron chi connectivity index (χ4n) is 3.88. The number of nitrogens with zero attached hydrogens (tertiary/aromatic N) is 1. The summed E-state index contributed by atoms with van der Waals surface area (Å²) in [5.41, 5.74) is 1.44. The average Bonchev–Trinajstić information content (AvgIpc) is 2.99. The molecule has 0 aromatic heterocycles. The highest BCUT2D eigenvalue weighted by molar-refractivity contribution is 6.48. The first-order valence-electron chi connectivity index (χ1n) is 10.2. The SMILES string of the molecule is O=C(Nc1ccc(F)cc1)c1ccc(NC2=C(Cl)C(=O)N(C3CCCCC3)C2=O)cc1. The van der Waals surface area contributed by atoms with Crippen molar-refractivity contribution in [3.8, 4) is 0 Å². The smallest absolute Gasteiger partial charge is 0.279 e. The Morgan fingerprint density at radius 3 is 2.16 bits per heavy atom. The molecule has 1 aliphatic carbocycles. The lowest BCUT2D eigenvalue weighted by atomic mass is 9.94. The van der Waals surface area contributed by atoms with Gasteiger partial charge in [0, 0.05) is 23.0 Å². The molecule has 4 rings (SSSR count). The van der Waals surface area contributed by atoms with Crippen LogP contribution >= 0.6 is 11.6 Å². The van der Waals surface area contributed by atoms with Gasteiger partial charge in [-0.1, -0.05) is 30.9 Å². The van der Waals surface area contributed by atoms with E-state index in [4.69, 9.17) is 11.6 Å². The van der Waals surface area contributed by atoms with Gasteiger partial charge in [-0.3, -0.25) is 19.3 Å². The number of hydrogen-bond donors (Lipinski definition) is 2. The summed E-state index contributed by atoms with van der Waals surface area (Å²) in [6.45, 7) is 0. The number of hydrogen-bond acceptors (Lipinski definition) is 4. The number of imide groups is 1. The van der Waals surface area contributed by atoms with Gasteiger partial charge in [0.1, 0.15) is 16.5 Å². The molecule has 3 amide bonds. The van der Waals surface area contributed by atoms with Crippen LogP contribution in [-0.4, -0.2) is 28.7 Å². The van der Waals surface area contributed by atoms with Crippen molar-refractivity contribution in [1.29, 1.82) is 0 Å². The molecule has 2 aromatic carbocycles. The minimum atomic E-state index is -0.462. The third-order valence-corrected chi connectivity index (χ3v) is 5.87. The molecule has 1 saturated carbocycles. The molecule has 0 bridgehead atoms. The minimum absolute atomic E-state index is 0.0563. The topological polar surface area (TPSA) is 78.5 Å². The maximum absolute atomic E-state index is 13.0. The zero-order valence-electron chi connectivity index (χ0n) is 16.7. The van der Waals surface area contributed by atoms with Crippen molar-refractivity contribution >= 4 is 40.7 Å². The van der Waals surface area contributed by atoms with Gasteiger partial charge >= 0.3 is 0 Å². The normalized spacial score (nSPS) is 17.3. The van der Waals surface area contributed by atoms with Crippen LogP contribution in [0.5, 0.6) is 0 Å². The minimum Gasteiger partial charge on any atom is -0.350 e. The predicted molar refractivity (Wildman–Crippen MR) is 116 cm³/mol. The lowest BCUT2D eigenvalue weighted by Gasteiger charge is -2.29. The molecule has 31 heavy (non-hydrogen) atoms. The largest absolute Gasteiger partial charge is 0.350 e. The van der Waals surface area contributed by atoms with E-state index in [1.807, 2.05) is 0 Å². The standard InChI is InChI=1S/C23H21ClFN3O3/c24-19-20(23(31)28(22(19)30)18-4-2-1-3-5-18)26-16-10-6-14(7-11-16)21(29)27-17-12-8-15(25)9-13-17/h6-13,18,26H,1-5H2,(H,27,29). The highest BCUT2D eigenvalue weighted by Gasteiger charge is 2.42.